The van der Waals surface area contributed by atoms with Crippen LogP contribution in [0.15, 0.2) is 71.6 Å². The predicted octanol–water partition coefficient (Wildman–Crippen LogP) is 4.48. The van der Waals surface area contributed by atoms with Crippen LogP contribution in [0.3, 0.4) is 0 Å². The Labute approximate surface area is 169 Å². The lowest BCUT2D eigenvalue weighted by Gasteiger charge is -2.20. The summed E-state index contributed by atoms with van der Waals surface area (Å²) in [5.74, 6) is -0.582. The summed E-state index contributed by atoms with van der Waals surface area (Å²) in [6, 6.07) is 18.1. The number of carbonyl (C=O) groups is 1. The minimum atomic E-state index is -3.78. The predicted molar refractivity (Wildman–Crippen MR) is 110 cm³/mol. The van der Waals surface area contributed by atoms with Gasteiger partial charge in [-0.2, -0.15) is 0 Å². The average Bonchev–Trinajstić information content (AvgIpc) is 3.08. The van der Waals surface area contributed by atoms with Crippen molar-refractivity contribution in [3.8, 4) is 0 Å². The zero-order valence-corrected chi connectivity index (χ0v) is 16.7. The van der Waals surface area contributed by atoms with Crippen LogP contribution in [0.4, 0.5) is 10.1 Å². The van der Waals surface area contributed by atoms with Crippen LogP contribution in [0.5, 0.6) is 0 Å². The lowest BCUT2D eigenvalue weighted by molar-refractivity contribution is 0.112. The molecular weight excluding hydrogens is 389 g/mol. The largest absolute Gasteiger partial charge is 0.298 e. The number of hydrogen-bond acceptors (Lipinski definition) is 3. The van der Waals surface area contributed by atoms with Crippen molar-refractivity contribution < 1.29 is 17.6 Å². The molecule has 0 saturated carbocycles. The molecule has 29 heavy (non-hydrogen) atoms. The SMILES string of the molecule is Cc1ccc(S(=O)(=O)N2C[C@H](Cc3cccc(F)c3)c3c(C=O)cccc32)cc1. The van der Waals surface area contributed by atoms with Gasteiger partial charge in [0.25, 0.3) is 10.0 Å². The zero-order valence-electron chi connectivity index (χ0n) is 15.9. The van der Waals surface area contributed by atoms with Crippen LogP contribution in [-0.2, 0) is 16.4 Å². The first-order valence-electron chi connectivity index (χ1n) is 9.32. The maximum absolute atomic E-state index is 13.6. The molecular formula is C23H20FNO3S. The third kappa shape index (κ3) is 3.56. The number of carbonyl (C=O) groups excluding carboxylic acids is 1. The summed E-state index contributed by atoms with van der Waals surface area (Å²) in [6.07, 6.45) is 1.19. The van der Waals surface area contributed by atoms with Crippen LogP contribution in [0, 0.1) is 12.7 Å². The van der Waals surface area contributed by atoms with Gasteiger partial charge in [-0.15, -0.1) is 0 Å². The van der Waals surface area contributed by atoms with Crippen LogP contribution in [0.25, 0.3) is 0 Å². The molecule has 1 heterocycles. The second-order valence-electron chi connectivity index (χ2n) is 7.28. The number of halogens is 1. The van der Waals surface area contributed by atoms with E-state index in [2.05, 4.69) is 0 Å². The van der Waals surface area contributed by atoms with Gasteiger partial charge in [-0.1, -0.05) is 42.0 Å². The molecule has 3 aromatic carbocycles. The van der Waals surface area contributed by atoms with E-state index in [0.717, 1.165) is 17.4 Å². The molecule has 6 heteroatoms. The molecule has 0 fully saturated rings. The molecule has 0 spiro atoms. The first-order chi connectivity index (χ1) is 13.9. The molecule has 4 rings (SSSR count). The Morgan fingerprint density at radius 1 is 1.07 bits per heavy atom. The molecule has 0 bridgehead atoms. The van der Waals surface area contributed by atoms with E-state index in [0.29, 0.717) is 23.2 Å². The molecule has 3 aromatic rings. The van der Waals surface area contributed by atoms with Crippen molar-refractivity contribution >= 4 is 22.0 Å². The molecule has 0 radical (unpaired) electrons. The van der Waals surface area contributed by atoms with E-state index >= 15 is 0 Å². The highest BCUT2D eigenvalue weighted by molar-refractivity contribution is 7.92. The van der Waals surface area contributed by atoms with Crippen molar-refractivity contribution in [2.45, 2.75) is 24.2 Å². The van der Waals surface area contributed by atoms with E-state index in [4.69, 9.17) is 0 Å². The number of nitrogens with zero attached hydrogens (tertiary/aromatic N) is 1. The van der Waals surface area contributed by atoms with Crippen LogP contribution >= 0.6 is 0 Å². The van der Waals surface area contributed by atoms with Gasteiger partial charge < -0.3 is 0 Å². The van der Waals surface area contributed by atoms with E-state index in [1.807, 2.05) is 13.0 Å². The van der Waals surface area contributed by atoms with Gasteiger partial charge in [-0.05, 0) is 54.8 Å². The second-order valence-corrected chi connectivity index (χ2v) is 9.14. The lowest BCUT2D eigenvalue weighted by Crippen LogP contribution is -2.30. The number of anilines is 1. The van der Waals surface area contributed by atoms with Gasteiger partial charge in [0.2, 0.25) is 0 Å². The van der Waals surface area contributed by atoms with E-state index in [-0.39, 0.29) is 23.2 Å². The molecule has 0 aliphatic carbocycles. The molecule has 0 saturated heterocycles. The van der Waals surface area contributed by atoms with Crippen LogP contribution in [0.1, 0.15) is 33.0 Å². The minimum Gasteiger partial charge on any atom is -0.298 e. The van der Waals surface area contributed by atoms with E-state index in [9.17, 15) is 17.6 Å². The van der Waals surface area contributed by atoms with Crippen LogP contribution in [0.2, 0.25) is 0 Å². The van der Waals surface area contributed by atoms with Gasteiger partial charge in [0.1, 0.15) is 12.1 Å². The molecule has 1 aliphatic heterocycles. The number of aldehydes is 1. The van der Waals surface area contributed by atoms with Gasteiger partial charge >= 0.3 is 0 Å². The molecule has 1 atom stereocenters. The summed E-state index contributed by atoms with van der Waals surface area (Å²) in [5, 5.41) is 0. The quantitative estimate of drug-likeness (QED) is 0.584. The third-order valence-electron chi connectivity index (χ3n) is 5.29. The Balaban J connectivity index is 1.78. The minimum absolute atomic E-state index is 0.201. The summed E-state index contributed by atoms with van der Waals surface area (Å²) < 4.78 is 41.7. The highest BCUT2D eigenvalue weighted by Crippen LogP contribution is 2.42. The molecule has 0 aromatic heterocycles. The lowest BCUT2D eigenvalue weighted by atomic mass is 9.91. The van der Waals surface area contributed by atoms with E-state index in [1.165, 1.54) is 16.4 Å². The fourth-order valence-electron chi connectivity index (χ4n) is 3.91. The van der Waals surface area contributed by atoms with Gasteiger partial charge in [0, 0.05) is 18.0 Å². The zero-order chi connectivity index (χ0) is 20.6. The van der Waals surface area contributed by atoms with Gasteiger partial charge in [-0.3, -0.25) is 9.10 Å². The molecule has 1 aliphatic rings. The summed E-state index contributed by atoms with van der Waals surface area (Å²) in [7, 11) is -3.78. The van der Waals surface area contributed by atoms with Crippen LogP contribution in [-0.4, -0.2) is 21.2 Å². The number of hydrogen-bond donors (Lipinski definition) is 0. The maximum atomic E-state index is 13.6. The number of benzene rings is 3. The Hall–Kier alpha value is -2.99. The van der Waals surface area contributed by atoms with E-state index in [1.54, 1.807) is 48.5 Å². The van der Waals surface area contributed by atoms with Gasteiger partial charge in [0.05, 0.1) is 10.6 Å². The smallest absolute Gasteiger partial charge is 0.264 e. The monoisotopic (exact) mass is 409 g/mol. The summed E-state index contributed by atoms with van der Waals surface area (Å²) in [6.45, 7) is 2.10. The molecule has 0 amide bonds. The molecule has 148 valence electrons. The van der Waals surface area contributed by atoms with E-state index < -0.39 is 10.0 Å². The summed E-state index contributed by atoms with van der Waals surface area (Å²) >= 11 is 0. The summed E-state index contributed by atoms with van der Waals surface area (Å²) in [4.78, 5) is 11.9. The fourth-order valence-corrected chi connectivity index (χ4v) is 5.43. The standard InChI is InChI=1S/C23H20FNO3S/c1-16-8-10-21(11-9-16)29(27,28)25-14-19(12-17-4-2-6-20(24)13-17)23-18(15-26)5-3-7-22(23)25/h2-11,13,15,19H,12,14H2,1H3/t19-/m0/s1. The maximum Gasteiger partial charge on any atom is 0.264 e. The molecule has 0 N–H and O–H groups in total. The average molecular weight is 409 g/mol. The first kappa shape index (κ1) is 19.3. The van der Waals surface area contributed by atoms with Gasteiger partial charge in [0.15, 0.2) is 0 Å². The van der Waals surface area contributed by atoms with Crippen molar-refractivity contribution in [2.75, 3.05) is 10.8 Å². The molecule has 0 unspecified atom stereocenters. The normalized spacial score (nSPS) is 15.9. The summed E-state index contributed by atoms with van der Waals surface area (Å²) in [5.41, 5.74) is 3.40. The number of fused-ring (bicyclic) bond motifs is 1. The van der Waals surface area contributed by atoms with Crippen molar-refractivity contribution in [3.05, 3.63) is 94.8 Å². The van der Waals surface area contributed by atoms with Crippen molar-refractivity contribution in [1.29, 1.82) is 0 Å². The van der Waals surface area contributed by atoms with Crippen molar-refractivity contribution in [3.63, 3.8) is 0 Å². The number of aryl methyl sites for hydroxylation is 1. The Morgan fingerprint density at radius 3 is 2.48 bits per heavy atom. The fraction of sp³-hybridized carbons (Fsp3) is 0.174. The van der Waals surface area contributed by atoms with Crippen LogP contribution < -0.4 is 4.31 Å². The second kappa shape index (κ2) is 7.44. The molecule has 4 nitrogen and oxygen atoms in total. The van der Waals surface area contributed by atoms with Gasteiger partial charge in [-0.25, -0.2) is 12.8 Å². The number of rotatable bonds is 5. The Morgan fingerprint density at radius 2 is 1.79 bits per heavy atom. The first-order valence-corrected chi connectivity index (χ1v) is 10.8. The topological polar surface area (TPSA) is 54.5 Å². The Bertz CT molecular complexity index is 1170. The highest BCUT2D eigenvalue weighted by Gasteiger charge is 2.38. The Kier molecular flexibility index (Phi) is 4.96. The highest BCUT2D eigenvalue weighted by atomic mass is 32.2. The third-order valence-corrected chi connectivity index (χ3v) is 7.08. The van der Waals surface area contributed by atoms with Crippen molar-refractivity contribution in [1.82, 2.24) is 0 Å². The van der Waals surface area contributed by atoms with Crippen molar-refractivity contribution in [2.24, 2.45) is 0 Å². The number of sulfonamides is 1.